The van der Waals surface area contributed by atoms with Gasteiger partial charge in [-0.2, -0.15) is 0 Å². The van der Waals surface area contributed by atoms with E-state index in [0.29, 0.717) is 18.6 Å². The Labute approximate surface area is 78.2 Å². The van der Waals surface area contributed by atoms with Crippen LogP contribution in [0.1, 0.15) is 12.8 Å². The smallest absolute Gasteiger partial charge is 0.409 e. The van der Waals surface area contributed by atoms with E-state index in [-0.39, 0.29) is 6.09 Å². The summed E-state index contributed by atoms with van der Waals surface area (Å²) in [6.45, 7) is 2.67. The van der Waals surface area contributed by atoms with Crippen molar-refractivity contribution in [3.05, 3.63) is 0 Å². The van der Waals surface area contributed by atoms with Gasteiger partial charge in [0.25, 0.3) is 0 Å². The number of cyclic esters (lactones) is 1. The topological polar surface area (TPSA) is 41.6 Å². The minimum atomic E-state index is -0.164. The summed E-state index contributed by atoms with van der Waals surface area (Å²) in [5.41, 5.74) is 0. The van der Waals surface area contributed by atoms with Gasteiger partial charge in [0.2, 0.25) is 0 Å². The van der Waals surface area contributed by atoms with E-state index in [2.05, 4.69) is 5.32 Å². The molecule has 2 saturated heterocycles. The van der Waals surface area contributed by atoms with Crippen molar-refractivity contribution in [3.63, 3.8) is 0 Å². The molecule has 2 aliphatic rings. The second kappa shape index (κ2) is 3.54. The third kappa shape index (κ3) is 1.63. The number of nitrogens with one attached hydrogen (secondary N) is 1. The molecule has 0 saturated carbocycles. The van der Waals surface area contributed by atoms with Gasteiger partial charge < -0.3 is 15.0 Å². The Kier molecular flexibility index (Phi) is 2.40. The molecule has 0 bridgehead atoms. The van der Waals surface area contributed by atoms with Crippen LogP contribution in [0.2, 0.25) is 0 Å². The van der Waals surface area contributed by atoms with Crippen LogP contribution >= 0.6 is 0 Å². The summed E-state index contributed by atoms with van der Waals surface area (Å²) in [5.74, 6) is 0.526. The normalized spacial score (nSPS) is 34.8. The van der Waals surface area contributed by atoms with Crippen molar-refractivity contribution >= 4 is 6.09 Å². The predicted molar refractivity (Wildman–Crippen MR) is 48.5 cm³/mol. The SMILES string of the molecule is CN1C(=O)OC[C@H]2CCNCC[C@@H]21. The molecule has 1 amide bonds. The first-order chi connectivity index (χ1) is 6.29. The second-order valence-corrected chi connectivity index (χ2v) is 3.84. The molecule has 2 rings (SSSR count). The first kappa shape index (κ1) is 8.81. The molecule has 2 atom stereocenters. The number of nitrogens with zero attached hydrogens (tertiary/aromatic N) is 1. The number of carbonyl (C=O) groups is 1. The summed E-state index contributed by atoms with van der Waals surface area (Å²) in [6, 6.07) is 0.385. The Balaban J connectivity index is 2.08. The van der Waals surface area contributed by atoms with Crippen molar-refractivity contribution in [2.24, 2.45) is 5.92 Å². The first-order valence-corrected chi connectivity index (χ1v) is 4.89. The summed E-state index contributed by atoms with van der Waals surface area (Å²) in [4.78, 5) is 13.0. The van der Waals surface area contributed by atoms with Gasteiger partial charge in [0, 0.05) is 19.0 Å². The lowest BCUT2D eigenvalue weighted by Gasteiger charge is -2.37. The van der Waals surface area contributed by atoms with E-state index in [1.807, 2.05) is 7.05 Å². The van der Waals surface area contributed by atoms with E-state index in [1.54, 1.807) is 4.90 Å². The molecule has 74 valence electrons. The van der Waals surface area contributed by atoms with Gasteiger partial charge in [-0.05, 0) is 25.9 Å². The molecule has 0 aliphatic carbocycles. The molecule has 0 aromatic rings. The molecule has 1 N–H and O–H groups in total. The highest BCUT2D eigenvalue weighted by atomic mass is 16.6. The minimum Gasteiger partial charge on any atom is -0.449 e. The molecule has 2 heterocycles. The van der Waals surface area contributed by atoms with Crippen LogP contribution in [0.3, 0.4) is 0 Å². The van der Waals surface area contributed by atoms with Crippen LogP contribution in [-0.2, 0) is 4.74 Å². The van der Waals surface area contributed by atoms with Crippen molar-refractivity contribution in [2.45, 2.75) is 18.9 Å². The van der Waals surface area contributed by atoms with E-state index in [0.717, 1.165) is 25.9 Å². The van der Waals surface area contributed by atoms with Gasteiger partial charge in [0.15, 0.2) is 0 Å². The van der Waals surface area contributed by atoms with Crippen LogP contribution in [0.5, 0.6) is 0 Å². The fourth-order valence-electron chi connectivity index (χ4n) is 2.21. The highest BCUT2D eigenvalue weighted by Crippen LogP contribution is 2.24. The second-order valence-electron chi connectivity index (χ2n) is 3.84. The third-order valence-corrected chi connectivity index (χ3v) is 3.06. The fraction of sp³-hybridized carbons (Fsp3) is 0.889. The number of ether oxygens (including phenoxy) is 1. The summed E-state index contributed by atoms with van der Waals surface area (Å²) in [6.07, 6.45) is 2.00. The number of rotatable bonds is 0. The van der Waals surface area contributed by atoms with Crippen LogP contribution in [0.4, 0.5) is 4.79 Å². The number of fused-ring (bicyclic) bond motifs is 1. The maximum Gasteiger partial charge on any atom is 0.409 e. The maximum atomic E-state index is 11.2. The van der Waals surface area contributed by atoms with E-state index in [4.69, 9.17) is 4.74 Å². The molecule has 4 heteroatoms. The molecule has 13 heavy (non-hydrogen) atoms. The third-order valence-electron chi connectivity index (χ3n) is 3.06. The van der Waals surface area contributed by atoms with Crippen LogP contribution < -0.4 is 5.32 Å². The van der Waals surface area contributed by atoms with Crippen molar-refractivity contribution in [3.8, 4) is 0 Å². The van der Waals surface area contributed by atoms with E-state index in [1.165, 1.54) is 0 Å². The summed E-state index contributed by atoms with van der Waals surface area (Å²) >= 11 is 0. The van der Waals surface area contributed by atoms with Gasteiger partial charge in [-0.1, -0.05) is 0 Å². The van der Waals surface area contributed by atoms with Gasteiger partial charge >= 0.3 is 6.09 Å². The molecule has 0 spiro atoms. The zero-order valence-electron chi connectivity index (χ0n) is 7.95. The van der Waals surface area contributed by atoms with E-state index >= 15 is 0 Å². The van der Waals surface area contributed by atoms with Crippen LogP contribution in [-0.4, -0.2) is 43.8 Å². The van der Waals surface area contributed by atoms with Gasteiger partial charge in [-0.15, -0.1) is 0 Å². The van der Waals surface area contributed by atoms with E-state index < -0.39 is 0 Å². The summed E-state index contributed by atoms with van der Waals surface area (Å²) in [5, 5.41) is 3.35. The molecule has 2 fully saturated rings. The lowest BCUT2D eigenvalue weighted by Crippen LogP contribution is -2.48. The number of hydrogen-bond donors (Lipinski definition) is 1. The molecule has 0 aromatic heterocycles. The Morgan fingerprint density at radius 3 is 3.08 bits per heavy atom. The zero-order valence-corrected chi connectivity index (χ0v) is 7.95. The number of hydrogen-bond acceptors (Lipinski definition) is 3. The Bertz CT molecular complexity index is 208. The predicted octanol–water partition coefficient (Wildman–Crippen LogP) is 0.437. The average molecular weight is 184 g/mol. The molecule has 2 aliphatic heterocycles. The molecule has 0 aromatic carbocycles. The van der Waals surface area contributed by atoms with Gasteiger partial charge in [0.05, 0.1) is 6.61 Å². The lowest BCUT2D eigenvalue weighted by atomic mass is 9.94. The van der Waals surface area contributed by atoms with Crippen LogP contribution in [0, 0.1) is 5.92 Å². The van der Waals surface area contributed by atoms with Gasteiger partial charge in [-0.25, -0.2) is 4.79 Å². The van der Waals surface area contributed by atoms with Gasteiger partial charge in [0.1, 0.15) is 0 Å². The lowest BCUT2D eigenvalue weighted by molar-refractivity contribution is 0.0179. The van der Waals surface area contributed by atoms with Crippen molar-refractivity contribution < 1.29 is 9.53 Å². The number of carbonyl (C=O) groups excluding carboxylic acids is 1. The Morgan fingerprint density at radius 2 is 2.23 bits per heavy atom. The van der Waals surface area contributed by atoms with Crippen molar-refractivity contribution in [1.29, 1.82) is 0 Å². The Hall–Kier alpha value is -0.770. The summed E-state index contributed by atoms with van der Waals surface area (Å²) in [7, 11) is 1.84. The first-order valence-electron chi connectivity index (χ1n) is 4.89. The number of amides is 1. The highest BCUT2D eigenvalue weighted by Gasteiger charge is 2.35. The highest BCUT2D eigenvalue weighted by molar-refractivity contribution is 5.68. The van der Waals surface area contributed by atoms with Crippen LogP contribution in [0.15, 0.2) is 0 Å². The monoisotopic (exact) mass is 184 g/mol. The molecule has 0 unspecified atom stereocenters. The zero-order chi connectivity index (χ0) is 9.26. The minimum absolute atomic E-state index is 0.164. The standard InChI is InChI=1S/C9H16N2O2/c1-11-8-3-5-10-4-2-7(8)6-13-9(11)12/h7-8,10H,2-6H2,1H3/t7-,8+/m1/s1. The van der Waals surface area contributed by atoms with Gasteiger partial charge in [-0.3, -0.25) is 0 Å². The molecular formula is C9H16N2O2. The molecule has 0 radical (unpaired) electrons. The van der Waals surface area contributed by atoms with E-state index in [9.17, 15) is 4.79 Å². The maximum absolute atomic E-state index is 11.2. The molecular weight excluding hydrogens is 168 g/mol. The van der Waals surface area contributed by atoms with Crippen molar-refractivity contribution in [1.82, 2.24) is 10.2 Å². The van der Waals surface area contributed by atoms with Crippen molar-refractivity contribution in [2.75, 3.05) is 26.7 Å². The van der Waals surface area contributed by atoms with Crippen LogP contribution in [0.25, 0.3) is 0 Å². The Morgan fingerprint density at radius 1 is 1.46 bits per heavy atom. The summed E-state index contributed by atoms with van der Waals surface area (Å²) < 4.78 is 5.07. The average Bonchev–Trinajstić information content (AvgIpc) is 2.36. The largest absolute Gasteiger partial charge is 0.449 e. The fourth-order valence-corrected chi connectivity index (χ4v) is 2.21. The molecule has 4 nitrogen and oxygen atoms in total. The quantitative estimate of drug-likeness (QED) is 0.594.